The first-order chi connectivity index (χ1) is 13.4. The van der Waals surface area contributed by atoms with Gasteiger partial charge < -0.3 is 19.5 Å². The molecule has 148 valence electrons. The number of carbonyl (C=O) groups excluding carboxylic acids is 3. The van der Waals surface area contributed by atoms with E-state index in [1.807, 2.05) is 26.0 Å². The van der Waals surface area contributed by atoms with E-state index in [0.29, 0.717) is 37.6 Å². The number of rotatable bonds is 4. The van der Waals surface area contributed by atoms with Crippen LogP contribution < -0.4 is 15.5 Å². The number of piperazine rings is 1. The molecular weight excluding hydrogens is 360 g/mol. The van der Waals surface area contributed by atoms with Crippen LogP contribution in [0.3, 0.4) is 0 Å². The molecule has 1 aromatic heterocycles. The molecule has 1 fully saturated rings. The van der Waals surface area contributed by atoms with Crippen LogP contribution in [0.25, 0.3) is 0 Å². The number of amides is 4. The molecule has 0 radical (unpaired) electrons. The number of carbonyl (C=O) groups is 3. The summed E-state index contributed by atoms with van der Waals surface area (Å²) < 4.78 is 5.14. The largest absolute Gasteiger partial charge is 0.459 e. The standard InChI is InChI=1S/C20H24N4O4/c1-14-5-6-16(12-15(14)2)21-20(27)22-18(25)13-23-7-9-24(10-8-23)19(26)17-4-3-11-28-17/h3-6,11-12H,7-10,13H2,1-2H3,(H2,21,22,25,27)/p+1. The zero-order valence-electron chi connectivity index (χ0n) is 16.1. The fourth-order valence-electron chi connectivity index (χ4n) is 3.14. The highest BCUT2D eigenvalue weighted by Crippen LogP contribution is 2.13. The predicted molar refractivity (Wildman–Crippen MR) is 103 cm³/mol. The second kappa shape index (κ2) is 8.71. The SMILES string of the molecule is Cc1ccc(NC(=O)NC(=O)C[NH+]2CCN(C(=O)c3ccco3)CC2)cc1C. The Labute approximate surface area is 163 Å². The van der Waals surface area contributed by atoms with E-state index in [1.165, 1.54) is 6.26 Å². The molecule has 0 bridgehead atoms. The third kappa shape index (κ3) is 4.98. The second-order valence-electron chi connectivity index (χ2n) is 7.00. The number of quaternary nitrogens is 1. The van der Waals surface area contributed by atoms with Gasteiger partial charge in [0.2, 0.25) is 0 Å². The zero-order chi connectivity index (χ0) is 20.1. The number of hydrogen-bond donors (Lipinski definition) is 3. The summed E-state index contributed by atoms with van der Waals surface area (Å²) in [5, 5.41) is 5.03. The maximum atomic E-state index is 12.2. The lowest BCUT2D eigenvalue weighted by Gasteiger charge is -2.31. The van der Waals surface area contributed by atoms with Gasteiger partial charge in [0.05, 0.1) is 32.4 Å². The van der Waals surface area contributed by atoms with Crippen LogP contribution in [0, 0.1) is 13.8 Å². The molecular formula is C20H25N4O4+. The topological polar surface area (TPSA) is 96.1 Å². The van der Waals surface area contributed by atoms with E-state index < -0.39 is 6.03 Å². The molecule has 8 nitrogen and oxygen atoms in total. The Kier molecular flexibility index (Phi) is 6.10. The van der Waals surface area contributed by atoms with E-state index in [-0.39, 0.29) is 18.4 Å². The lowest BCUT2D eigenvalue weighted by molar-refractivity contribution is -0.895. The van der Waals surface area contributed by atoms with E-state index in [9.17, 15) is 14.4 Å². The van der Waals surface area contributed by atoms with Gasteiger partial charge >= 0.3 is 6.03 Å². The van der Waals surface area contributed by atoms with E-state index in [1.54, 1.807) is 23.1 Å². The van der Waals surface area contributed by atoms with Crippen LogP contribution in [0.15, 0.2) is 41.0 Å². The van der Waals surface area contributed by atoms with Gasteiger partial charge in [0.15, 0.2) is 12.3 Å². The maximum Gasteiger partial charge on any atom is 0.326 e. The van der Waals surface area contributed by atoms with Gasteiger partial charge in [-0.3, -0.25) is 14.9 Å². The highest BCUT2D eigenvalue weighted by atomic mass is 16.3. The van der Waals surface area contributed by atoms with Crippen molar-refractivity contribution in [3.8, 4) is 0 Å². The Hall–Kier alpha value is -3.13. The van der Waals surface area contributed by atoms with E-state index in [2.05, 4.69) is 10.6 Å². The van der Waals surface area contributed by atoms with Crippen LogP contribution >= 0.6 is 0 Å². The molecule has 0 unspecified atom stereocenters. The minimum atomic E-state index is -0.542. The predicted octanol–water partition coefficient (Wildman–Crippen LogP) is 0.585. The van der Waals surface area contributed by atoms with Gasteiger partial charge in [-0.05, 0) is 49.2 Å². The monoisotopic (exact) mass is 385 g/mol. The summed E-state index contributed by atoms with van der Waals surface area (Å²) in [5.41, 5.74) is 2.84. The maximum absolute atomic E-state index is 12.2. The molecule has 4 amide bonds. The number of benzene rings is 1. The highest BCUT2D eigenvalue weighted by Gasteiger charge is 2.27. The smallest absolute Gasteiger partial charge is 0.326 e. The number of nitrogens with one attached hydrogen (secondary N) is 3. The van der Waals surface area contributed by atoms with E-state index >= 15 is 0 Å². The lowest BCUT2D eigenvalue weighted by atomic mass is 10.1. The molecule has 1 aliphatic rings. The molecule has 3 N–H and O–H groups in total. The number of hydrogen-bond acceptors (Lipinski definition) is 4. The number of imide groups is 1. The number of nitrogens with zero attached hydrogens (tertiary/aromatic N) is 1. The normalized spacial score (nSPS) is 14.6. The average molecular weight is 385 g/mol. The summed E-state index contributed by atoms with van der Waals surface area (Å²) >= 11 is 0. The zero-order valence-corrected chi connectivity index (χ0v) is 16.1. The average Bonchev–Trinajstić information content (AvgIpc) is 3.19. The molecule has 3 rings (SSSR count). The number of anilines is 1. The van der Waals surface area contributed by atoms with Crippen molar-refractivity contribution in [1.82, 2.24) is 10.2 Å². The molecule has 2 aromatic rings. The van der Waals surface area contributed by atoms with Crippen molar-refractivity contribution in [2.24, 2.45) is 0 Å². The molecule has 1 aromatic carbocycles. The lowest BCUT2D eigenvalue weighted by Crippen LogP contribution is -3.15. The van der Waals surface area contributed by atoms with Crippen LogP contribution in [0.1, 0.15) is 21.7 Å². The van der Waals surface area contributed by atoms with Crippen LogP contribution in [0.2, 0.25) is 0 Å². The first-order valence-electron chi connectivity index (χ1n) is 9.27. The van der Waals surface area contributed by atoms with Crippen molar-refractivity contribution in [3.05, 3.63) is 53.5 Å². The fourth-order valence-corrected chi connectivity index (χ4v) is 3.14. The van der Waals surface area contributed by atoms with Crippen molar-refractivity contribution >= 4 is 23.5 Å². The Morgan fingerprint density at radius 3 is 2.50 bits per heavy atom. The van der Waals surface area contributed by atoms with Crippen molar-refractivity contribution in [1.29, 1.82) is 0 Å². The van der Waals surface area contributed by atoms with Crippen molar-refractivity contribution < 1.29 is 23.7 Å². The second-order valence-corrected chi connectivity index (χ2v) is 7.00. The molecule has 0 spiro atoms. The minimum absolute atomic E-state index is 0.138. The van der Waals surface area contributed by atoms with Gasteiger partial charge in [0.25, 0.3) is 11.8 Å². The van der Waals surface area contributed by atoms with Crippen LogP contribution in [-0.2, 0) is 4.79 Å². The summed E-state index contributed by atoms with van der Waals surface area (Å²) in [4.78, 5) is 39.2. The molecule has 8 heteroatoms. The highest BCUT2D eigenvalue weighted by molar-refractivity contribution is 6.01. The first-order valence-corrected chi connectivity index (χ1v) is 9.27. The Bertz CT molecular complexity index is 855. The Balaban J connectivity index is 1.42. The van der Waals surface area contributed by atoms with Crippen LogP contribution in [0.4, 0.5) is 10.5 Å². The minimum Gasteiger partial charge on any atom is -0.459 e. The molecule has 2 heterocycles. The number of furan rings is 1. The summed E-state index contributed by atoms with van der Waals surface area (Å²) in [7, 11) is 0. The van der Waals surface area contributed by atoms with Gasteiger partial charge in [-0.25, -0.2) is 4.79 Å². The summed E-state index contributed by atoms with van der Waals surface area (Å²) in [6.45, 7) is 6.49. The summed E-state index contributed by atoms with van der Waals surface area (Å²) in [5.74, 6) is -0.160. The number of aryl methyl sites for hydroxylation is 2. The molecule has 0 atom stereocenters. The quantitative estimate of drug-likeness (QED) is 0.718. The molecule has 28 heavy (non-hydrogen) atoms. The van der Waals surface area contributed by atoms with Gasteiger partial charge in [-0.2, -0.15) is 0 Å². The molecule has 0 saturated carbocycles. The summed E-state index contributed by atoms with van der Waals surface area (Å²) in [6.07, 6.45) is 1.47. The molecule has 1 aliphatic heterocycles. The van der Waals surface area contributed by atoms with E-state index in [0.717, 1.165) is 16.0 Å². The number of urea groups is 1. The van der Waals surface area contributed by atoms with Gasteiger partial charge in [-0.1, -0.05) is 6.07 Å². The van der Waals surface area contributed by atoms with Crippen LogP contribution in [0.5, 0.6) is 0 Å². The molecule has 1 saturated heterocycles. The molecule has 0 aliphatic carbocycles. The Morgan fingerprint density at radius 1 is 1.11 bits per heavy atom. The third-order valence-electron chi connectivity index (χ3n) is 4.92. The Morgan fingerprint density at radius 2 is 1.86 bits per heavy atom. The van der Waals surface area contributed by atoms with Crippen LogP contribution in [-0.4, -0.2) is 55.5 Å². The summed E-state index contributed by atoms with van der Waals surface area (Å²) in [6, 6.07) is 8.36. The van der Waals surface area contributed by atoms with Gasteiger partial charge in [0.1, 0.15) is 0 Å². The van der Waals surface area contributed by atoms with Gasteiger partial charge in [0, 0.05) is 5.69 Å². The van der Waals surface area contributed by atoms with Gasteiger partial charge in [-0.15, -0.1) is 0 Å². The fraction of sp³-hybridized carbons (Fsp3) is 0.350. The third-order valence-corrected chi connectivity index (χ3v) is 4.92. The van der Waals surface area contributed by atoms with Crippen molar-refractivity contribution in [2.75, 3.05) is 38.0 Å². The van der Waals surface area contributed by atoms with Crippen molar-refractivity contribution in [3.63, 3.8) is 0 Å². The first kappa shape index (κ1) is 19.6. The van der Waals surface area contributed by atoms with Crippen molar-refractivity contribution in [2.45, 2.75) is 13.8 Å². The van der Waals surface area contributed by atoms with E-state index in [4.69, 9.17) is 4.42 Å².